The van der Waals surface area contributed by atoms with Crippen LogP contribution >= 0.6 is 22.6 Å². The molecule has 2 aromatic rings. The molecule has 0 saturated heterocycles. The van der Waals surface area contributed by atoms with Crippen molar-refractivity contribution in [2.45, 2.75) is 0 Å². The van der Waals surface area contributed by atoms with Crippen LogP contribution in [0.15, 0.2) is 42.6 Å². The van der Waals surface area contributed by atoms with Gasteiger partial charge in [0, 0.05) is 6.20 Å². The molecule has 0 bridgehead atoms. The molecule has 0 radical (unpaired) electrons. The molecule has 0 saturated carbocycles. The fourth-order valence-electron chi connectivity index (χ4n) is 0.963. The molecule has 0 aliphatic rings. The summed E-state index contributed by atoms with van der Waals surface area (Å²) < 4.78 is 6.30. The molecule has 0 atom stereocenters. The molecule has 0 unspecified atom stereocenters. The zero-order chi connectivity index (χ0) is 9.80. The van der Waals surface area contributed by atoms with Crippen LogP contribution in [0.25, 0.3) is 0 Å². The number of nitrogens with zero attached hydrogens (tertiary/aromatic N) is 2. The Kier molecular flexibility index (Phi) is 2.93. The lowest BCUT2D eigenvalue weighted by Crippen LogP contribution is -1.92. The number of hydrogen-bond donors (Lipinski definition) is 0. The summed E-state index contributed by atoms with van der Waals surface area (Å²) >= 11 is 2.12. The maximum atomic E-state index is 5.43. The second-order valence-corrected chi connectivity index (χ2v) is 3.68. The minimum Gasteiger partial charge on any atom is -0.424 e. The van der Waals surface area contributed by atoms with Gasteiger partial charge in [-0.15, -0.1) is 0 Å². The van der Waals surface area contributed by atoms with Crippen molar-refractivity contribution < 1.29 is 4.74 Å². The smallest absolute Gasteiger partial charge is 0.322 e. The van der Waals surface area contributed by atoms with Crippen molar-refractivity contribution in [1.82, 2.24) is 9.97 Å². The Morgan fingerprint density at radius 1 is 1.07 bits per heavy atom. The highest BCUT2D eigenvalue weighted by molar-refractivity contribution is 14.1. The molecule has 0 N–H and O–H groups in total. The van der Waals surface area contributed by atoms with Crippen LogP contribution in [0.2, 0.25) is 0 Å². The summed E-state index contributed by atoms with van der Waals surface area (Å²) in [7, 11) is 0. The van der Waals surface area contributed by atoms with E-state index in [1.807, 2.05) is 36.4 Å². The zero-order valence-electron chi connectivity index (χ0n) is 7.22. The van der Waals surface area contributed by atoms with Gasteiger partial charge in [-0.05, 0) is 40.8 Å². The lowest BCUT2D eigenvalue weighted by atomic mass is 10.3. The topological polar surface area (TPSA) is 35.0 Å². The van der Waals surface area contributed by atoms with E-state index in [1.54, 1.807) is 6.20 Å². The van der Waals surface area contributed by atoms with Crippen LogP contribution in [-0.4, -0.2) is 9.97 Å². The molecular weight excluding hydrogens is 291 g/mol. The third-order valence-electron chi connectivity index (χ3n) is 1.55. The highest BCUT2D eigenvalue weighted by Gasteiger charge is 1.98. The van der Waals surface area contributed by atoms with Crippen molar-refractivity contribution in [1.29, 1.82) is 0 Å². The predicted octanol–water partition coefficient (Wildman–Crippen LogP) is 2.87. The van der Waals surface area contributed by atoms with Gasteiger partial charge in [0.1, 0.15) is 9.45 Å². The van der Waals surface area contributed by atoms with Crippen molar-refractivity contribution in [2.24, 2.45) is 0 Å². The van der Waals surface area contributed by atoms with E-state index >= 15 is 0 Å². The Morgan fingerprint density at radius 2 is 1.86 bits per heavy atom. The first-order valence-corrected chi connectivity index (χ1v) is 5.14. The Labute approximate surface area is 95.3 Å². The van der Waals surface area contributed by atoms with E-state index in [-0.39, 0.29) is 0 Å². The van der Waals surface area contributed by atoms with Crippen LogP contribution in [0.5, 0.6) is 11.8 Å². The van der Waals surface area contributed by atoms with Crippen molar-refractivity contribution >= 4 is 22.6 Å². The number of halogens is 1. The Hall–Kier alpha value is -1.17. The van der Waals surface area contributed by atoms with Gasteiger partial charge >= 0.3 is 6.01 Å². The van der Waals surface area contributed by atoms with Crippen molar-refractivity contribution in [3.8, 4) is 11.8 Å². The standard InChI is InChI=1S/C10H7IN2O/c11-9-6-7-12-10(13-9)14-8-4-2-1-3-5-8/h1-7H. The molecule has 0 aliphatic heterocycles. The van der Waals surface area contributed by atoms with Gasteiger partial charge in [-0.25, -0.2) is 4.98 Å². The van der Waals surface area contributed by atoms with E-state index in [2.05, 4.69) is 32.6 Å². The van der Waals surface area contributed by atoms with Crippen LogP contribution in [0.4, 0.5) is 0 Å². The number of rotatable bonds is 2. The lowest BCUT2D eigenvalue weighted by molar-refractivity contribution is 0.440. The van der Waals surface area contributed by atoms with Gasteiger partial charge in [0.25, 0.3) is 0 Å². The molecule has 0 spiro atoms. The van der Waals surface area contributed by atoms with Crippen LogP contribution < -0.4 is 4.74 Å². The van der Waals surface area contributed by atoms with Crippen LogP contribution in [0, 0.1) is 3.70 Å². The third kappa shape index (κ3) is 2.41. The molecule has 1 aromatic carbocycles. The predicted molar refractivity (Wildman–Crippen MR) is 61.3 cm³/mol. The van der Waals surface area contributed by atoms with E-state index in [0.717, 1.165) is 9.45 Å². The average molecular weight is 298 g/mol. The molecule has 3 nitrogen and oxygen atoms in total. The molecular formula is C10H7IN2O. The van der Waals surface area contributed by atoms with Crippen molar-refractivity contribution in [3.63, 3.8) is 0 Å². The Morgan fingerprint density at radius 3 is 2.57 bits per heavy atom. The van der Waals surface area contributed by atoms with Gasteiger partial charge in [0.15, 0.2) is 0 Å². The summed E-state index contributed by atoms with van der Waals surface area (Å²) in [5.41, 5.74) is 0. The van der Waals surface area contributed by atoms with Crippen LogP contribution in [-0.2, 0) is 0 Å². The van der Waals surface area contributed by atoms with Crippen molar-refractivity contribution in [3.05, 3.63) is 46.3 Å². The zero-order valence-corrected chi connectivity index (χ0v) is 9.38. The fraction of sp³-hybridized carbons (Fsp3) is 0. The highest BCUT2D eigenvalue weighted by atomic mass is 127. The molecule has 0 aliphatic carbocycles. The van der Waals surface area contributed by atoms with Crippen LogP contribution in [0.3, 0.4) is 0 Å². The minimum absolute atomic E-state index is 0.378. The summed E-state index contributed by atoms with van der Waals surface area (Å²) in [6.45, 7) is 0. The van der Waals surface area contributed by atoms with E-state index in [0.29, 0.717) is 6.01 Å². The number of hydrogen-bond acceptors (Lipinski definition) is 3. The summed E-state index contributed by atoms with van der Waals surface area (Å²) in [4.78, 5) is 8.12. The first-order chi connectivity index (χ1) is 6.84. The average Bonchev–Trinajstić information content (AvgIpc) is 2.19. The first kappa shape index (κ1) is 9.39. The quantitative estimate of drug-likeness (QED) is 0.631. The third-order valence-corrected chi connectivity index (χ3v) is 2.15. The largest absolute Gasteiger partial charge is 0.424 e. The molecule has 70 valence electrons. The Bertz CT molecular complexity index is 419. The molecule has 1 aromatic heterocycles. The summed E-state index contributed by atoms with van der Waals surface area (Å²) in [6.07, 6.45) is 1.67. The van der Waals surface area contributed by atoms with E-state index in [1.165, 1.54) is 0 Å². The second-order valence-electron chi connectivity index (χ2n) is 2.58. The van der Waals surface area contributed by atoms with Gasteiger partial charge < -0.3 is 4.74 Å². The normalized spacial score (nSPS) is 9.79. The number of aromatic nitrogens is 2. The summed E-state index contributed by atoms with van der Waals surface area (Å²) in [6, 6.07) is 11.7. The fourth-order valence-corrected chi connectivity index (χ4v) is 1.33. The summed E-state index contributed by atoms with van der Waals surface area (Å²) in [5, 5.41) is 0. The second kappa shape index (κ2) is 4.36. The van der Waals surface area contributed by atoms with Gasteiger partial charge in [-0.3, -0.25) is 0 Å². The van der Waals surface area contributed by atoms with Gasteiger partial charge in [0.2, 0.25) is 0 Å². The SMILES string of the molecule is Ic1ccnc(Oc2ccccc2)n1. The molecule has 1 heterocycles. The number of para-hydroxylation sites is 1. The summed E-state index contributed by atoms with van der Waals surface area (Å²) in [5.74, 6) is 0.745. The first-order valence-electron chi connectivity index (χ1n) is 4.06. The van der Waals surface area contributed by atoms with E-state index in [4.69, 9.17) is 4.74 Å². The Balaban J connectivity index is 2.19. The minimum atomic E-state index is 0.378. The van der Waals surface area contributed by atoms with Gasteiger partial charge in [0.05, 0.1) is 0 Å². The maximum Gasteiger partial charge on any atom is 0.322 e. The molecule has 2 rings (SSSR count). The van der Waals surface area contributed by atoms with Crippen LogP contribution in [0.1, 0.15) is 0 Å². The van der Waals surface area contributed by atoms with Crippen molar-refractivity contribution in [2.75, 3.05) is 0 Å². The van der Waals surface area contributed by atoms with Gasteiger partial charge in [-0.1, -0.05) is 18.2 Å². The van der Waals surface area contributed by atoms with Gasteiger partial charge in [-0.2, -0.15) is 4.98 Å². The highest BCUT2D eigenvalue weighted by Crippen LogP contribution is 2.16. The monoisotopic (exact) mass is 298 g/mol. The van der Waals surface area contributed by atoms with E-state index < -0.39 is 0 Å². The number of ether oxygens (including phenoxy) is 1. The molecule has 4 heteroatoms. The molecule has 14 heavy (non-hydrogen) atoms. The maximum absolute atomic E-state index is 5.43. The van der Waals surface area contributed by atoms with E-state index in [9.17, 15) is 0 Å². The lowest BCUT2D eigenvalue weighted by Gasteiger charge is -2.02. The molecule has 0 fully saturated rings. The number of benzene rings is 1. The molecule has 0 amide bonds.